The van der Waals surface area contributed by atoms with E-state index in [1.807, 2.05) is 46.6 Å². The molecule has 0 heterocycles. The first-order valence-corrected chi connectivity index (χ1v) is 6.28. The van der Waals surface area contributed by atoms with E-state index in [0.29, 0.717) is 11.5 Å². The molecule has 1 atom stereocenters. The molecule has 2 nitrogen and oxygen atoms in total. The Morgan fingerprint density at radius 1 is 1.43 bits per heavy atom. The summed E-state index contributed by atoms with van der Waals surface area (Å²) >= 11 is 1.81. The summed E-state index contributed by atoms with van der Waals surface area (Å²) in [4.78, 5) is 11.1. The predicted molar refractivity (Wildman–Crippen MR) is 58.2 cm³/mol. The minimum atomic E-state index is -0.274. The topological polar surface area (TPSA) is 26.3 Å². The van der Waals surface area contributed by atoms with Crippen molar-refractivity contribution >= 4 is 28.3 Å². The van der Waals surface area contributed by atoms with Gasteiger partial charge in [-0.2, -0.15) is 0 Å². The number of methoxy groups -OCH3 is 1. The molecule has 0 aliphatic heterocycles. The van der Waals surface area contributed by atoms with Gasteiger partial charge in [0.2, 0.25) is 0 Å². The second-order valence-electron chi connectivity index (χ2n) is 3.20. The Hall–Kier alpha value is -0.520. The van der Waals surface area contributed by atoms with Gasteiger partial charge < -0.3 is 0 Å². The van der Waals surface area contributed by atoms with E-state index < -0.39 is 0 Å². The minimum absolute atomic E-state index is 0.274. The summed E-state index contributed by atoms with van der Waals surface area (Å²) in [6.45, 7) is 2.19. The summed E-state index contributed by atoms with van der Waals surface area (Å²) < 4.78 is 5.79. The van der Waals surface area contributed by atoms with Gasteiger partial charge in [0.15, 0.2) is 0 Å². The fourth-order valence-corrected chi connectivity index (χ4v) is 1.77. The fraction of sp³-hybridized carbons (Fsp3) is 0.364. The van der Waals surface area contributed by atoms with Crippen molar-refractivity contribution in [3.05, 3.63) is 35.4 Å². The molecular weight excluding hydrogens is 292 g/mol. The molecule has 1 rings (SSSR count). The van der Waals surface area contributed by atoms with Gasteiger partial charge in [-0.25, -0.2) is 0 Å². The third-order valence-corrected chi connectivity index (χ3v) is 3.74. The summed E-state index contributed by atoms with van der Waals surface area (Å²) in [5, 5.41) is 0. The van der Waals surface area contributed by atoms with Crippen LogP contribution in [0.3, 0.4) is 0 Å². The van der Waals surface area contributed by atoms with E-state index >= 15 is 0 Å². The predicted octanol–water partition coefficient (Wildman–Crippen LogP) is 1.90. The van der Waals surface area contributed by atoms with Crippen LogP contribution in [0.2, 0.25) is 4.47 Å². The first kappa shape index (κ1) is 11.6. The molecule has 1 aromatic carbocycles. The van der Waals surface area contributed by atoms with Crippen LogP contribution in [0.1, 0.15) is 28.8 Å². The van der Waals surface area contributed by atoms with E-state index in [4.69, 9.17) is 0 Å². The summed E-state index contributed by atoms with van der Waals surface area (Å²) in [5.74, 6) is 0.291. The molecule has 1 unspecified atom stereocenters. The molecule has 0 saturated heterocycles. The zero-order valence-corrected chi connectivity index (χ0v) is 10.9. The summed E-state index contributed by atoms with van der Waals surface area (Å²) in [5.41, 5.74) is 1.89. The van der Waals surface area contributed by atoms with Crippen LogP contribution >= 0.6 is 0 Å². The zero-order valence-electron chi connectivity index (χ0n) is 8.36. The van der Waals surface area contributed by atoms with Crippen LogP contribution < -0.4 is 0 Å². The summed E-state index contributed by atoms with van der Waals surface area (Å²) in [6, 6.07) is 7.63. The van der Waals surface area contributed by atoms with Gasteiger partial charge in [0.05, 0.1) is 0 Å². The van der Waals surface area contributed by atoms with Crippen LogP contribution in [0.5, 0.6) is 0 Å². The number of hydrogen-bond acceptors (Lipinski definition) is 2. The molecule has 0 aliphatic carbocycles. The fourth-order valence-electron chi connectivity index (χ4n) is 1.17. The van der Waals surface area contributed by atoms with E-state index in [-0.39, 0.29) is 5.97 Å². The van der Waals surface area contributed by atoms with Crippen molar-refractivity contribution in [3.8, 4) is 0 Å². The molecule has 0 amide bonds. The van der Waals surface area contributed by atoms with Crippen molar-refractivity contribution < 1.29 is 9.53 Å². The third-order valence-electron chi connectivity index (χ3n) is 2.17. The molecule has 14 heavy (non-hydrogen) atoms. The molecule has 0 fully saturated rings. The molecule has 0 aromatic heterocycles. The molecule has 0 N–H and O–H groups in total. The number of carbonyl (C=O) groups excluding carboxylic acids is 1. The summed E-state index contributed by atoms with van der Waals surface area (Å²) in [6.07, 6.45) is 0. The molecule has 0 spiro atoms. The Labute approximate surface area is 97.6 Å². The third kappa shape index (κ3) is 2.73. The van der Waals surface area contributed by atoms with E-state index in [1.54, 1.807) is 0 Å². The van der Waals surface area contributed by atoms with Crippen molar-refractivity contribution in [1.82, 2.24) is 0 Å². The van der Waals surface area contributed by atoms with Crippen LogP contribution in [0, 0.1) is 0 Å². The molecule has 0 bridgehead atoms. The van der Waals surface area contributed by atoms with E-state index in [1.165, 1.54) is 12.7 Å². The maximum atomic E-state index is 11.1. The van der Waals surface area contributed by atoms with Crippen molar-refractivity contribution in [2.45, 2.75) is 17.3 Å². The van der Waals surface area contributed by atoms with Crippen LogP contribution in [0.25, 0.3) is 0 Å². The standard InChI is InChI=1S/C11H14O2Te/c1-8(7-14)9-3-5-10(6-4-9)11(12)13-2/h3-6,8,14H,7H2,1-2H3. The van der Waals surface area contributed by atoms with Crippen molar-refractivity contribution in [2.75, 3.05) is 7.11 Å². The Balaban J connectivity index is 2.83. The van der Waals surface area contributed by atoms with Crippen LogP contribution in [-0.4, -0.2) is 35.4 Å². The van der Waals surface area contributed by atoms with Crippen LogP contribution in [0.4, 0.5) is 0 Å². The second-order valence-corrected chi connectivity index (χ2v) is 4.24. The Morgan fingerprint density at radius 2 is 2.00 bits per heavy atom. The molecule has 76 valence electrons. The van der Waals surface area contributed by atoms with Gasteiger partial charge in [0.1, 0.15) is 0 Å². The quantitative estimate of drug-likeness (QED) is 0.630. The van der Waals surface area contributed by atoms with Gasteiger partial charge in [0.25, 0.3) is 0 Å². The van der Waals surface area contributed by atoms with Crippen molar-refractivity contribution in [1.29, 1.82) is 0 Å². The average molecular weight is 306 g/mol. The number of ether oxygens (including phenoxy) is 1. The van der Waals surface area contributed by atoms with Gasteiger partial charge in [-0.1, -0.05) is 0 Å². The zero-order chi connectivity index (χ0) is 10.6. The number of hydrogen-bond donors (Lipinski definition) is 0. The first-order valence-electron chi connectivity index (χ1n) is 4.48. The average Bonchev–Trinajstić information content (AvgIpc) is 2.27. The van der Waals surface area contributed by atoms with E-state index in [9.17, 15) is 4.79 Å². The Morgan fingerprint density at radius 3 is 2.43 bits per heavy atom. The van der Waals surface area contributed by atoms with Gasteiger partial charge >= 0.3 is 97.6 Å². The van der Waals surface area contributed by atoms with Crippen molar-refractivity contribution in [3.63, 3.8) is 0 Å². The van der Waals surface area contributed by atoms with Gasteiger partial charge in [-0.05, 0) is 0 Å². The van der Waals surface area contributed by atoms with Gasteiger partial charge in [-0.15, -0.1) is 0 Å². The number of esters is 1. The number of benzene rings is 1. The molecule has 0 aliphatic rings. The maximum absolute atomic E-state index is 11.1. The SMILES string of the molecule is COC(=O)c1ccc(C(C)C[TeH])cc1. The molecular formula is C11H14O2Te. The molecule has 1 aromatic rings. The number of carbonyl (C=O) groups is 1. The first-order chi connectivity index (χ1) is 6.69. The molecule has 3 heteroatoms. The Kier molecular flexibility index (Phi) is 4.44. The van der Waals surface area contributed by atoms with Gasteiger partial charge in [-0.3, -0.25) is 0 Å². The van der Waals surface area contributed by atoms with Crippen LogP contribution in [0.15, 0.2) is 24.3 Å². The van der Waals surface area contributed by atoms with Gasteiger partial charge in [0, 0.05) is 0 Å². The monoisotopic (exact) mass is 308 g/mol. The molecule has 0 saturated carbocycles. The van der Waals surface area contributed by atoms with E-state index in [0.717, 1.165) is 4.47 Å². The normalized spacial score (nSPS) is 12.2. The second kappa shape index (κ2) is 5.38. The van der Waals surface area contributed by atoms with Crippen LogP contribution in [-0.2, 0) is 4.74 Å². The van der Waals surface area contributed by atoms with Crippen molar-refractivity contribution in [2.24, 2.45) is 0 Å². The van der Waals surface area contributed by atoms with E-state index in [2.05, 4.69) is 11.7 Å². The Bertz CT molecular complexity index is 306. The molecule has 0 radical (unpaired) electrons. The number of rotatable bonds is 3. The summed E-state index contributed by atoms with van der Waals surface area (Å²) in [7, 11) is 1.40.